The van der Waals surface area contributed by atoms with Gasteiger partial charge in [-0.05, 0) is 66.3 Å². The molecule has 2 aromatic carbocycles. The Hall–Kier alpha value is -2.87. The number of nitrogens with zero attached hydrogens (tertiary/aromatic N) is 3. The third-order valence-corrected chi connectivity index (χ3v) is 6.54. The van der Waals surface area contributed by atoms with Crippen LogP contribution in [0.2, 0.25) is 0 Å². The molecule has 0 saturated heterocycles. The zero-order valence-electron chi connectivity index (χ0n) is 17.0. The molecule has 0 fully saturated rings. The summed E-state index contributed by atoms with van der Waals surface area (Å²) in [5.41, 5.74) is 6.90. The molecule has 2 aliphatic heterocycles. The van der Waals surface area contributed by atoms with E-state index in [1.54, 1.807) is 12.1 Å². The van der Waals surface area contributed by atoms with Gasteiger partial charge in [0.2, 0.25) is 0 Å². The van der Waals surface area contributed by atoms with Crippen LogP contribution in [0.4, 0.5) is 14.9 Å². The number of nitrogens with one attached hydrogen (secondary N) is 1. The molecular weight excluding hydrogens is 403 g/mol. The van der Waals surface area contributed by atoms with E-state index in [4.69, 9.17) is 0 Å². The maximum atomic E-state index is 13.4. The molecule has 1 atom stereocenters. The lowest BCUT2D eigenvalue weighted by molar-refractivity contribution is 0.261. The molecule has 1 amide bonds. The van der Waals surface area contributed by atoms with Gasteiger partial charge in [0.05, 0.1) is 11.0 Å². The van der Waals surface area contributed by atoms with Gasteiger partial charge in [0, 0.05) is 17.8 Å². The largest absolute Gasteiger partial charge is 0.409 e. The molecule has 2 aromatic rings. The average Bonchev–Trinajstić information content (AvgIpc) is 2.71. The number of benzene rings is 2. The number of oxime groups is 1. The minimum atomic E-state index is -0.340. The van der Waals surface area contributed by atoms with Gasteiger partial charge in [-0.1, -0.05) is 36.8 Å². The minimum absolute atomic E-state index is 0.0478. The van der Waals surface area contributed by atoms with Gasteiger partial charge >= 0.3 is 0 Å². The van der Waals surface area contributed by atoms with Crippen molar-refractivity contribution in [2.24, 2.45) is 10.3 Å². The summed E-state index contributed by atoms with van der Waals surface area (Å²) in [6, 6.07) is 12.0. The van der Waals surface area contributed by atoms with E-state index in [1.807, 2.05) is 24.0 Å². The maximum absolute atomic E-state index is 13.4. The lowest BCUT2D eigenvalue weighted by Gasteiger charge is -2.40. The topological polar surface area (TPSA) is 77.3 Å². The number of carbonyl (C=O) groups excluding carboxylic acids is 1. The van der Waals surface area contributed by atoms with E-state index >= 15 is 0 Å². The fourth-order valence-electron chi connectivity index (χ4n) is 3.94. The lowest BCUT2D eigenvalue weighted by atomic mass is 9.76. The van der Waals surface area contributed by atoms with E-state index in [1.165, 1.54) is 23.9 Å². The molecule has 1 unspecified atom stereocenters. The molecule has 30 heavy (non-hydrogen) atoms. The monoisotopic (exact) mass is 426 g/mol. The zero-order chi connectivity index (χ0) is 21.5. The van der Waals surface area contributed by atoms with Crippen molar-refractivity contribution in [3.05, 3.63) is 65.0 Å². The third-order valence-electron chi connectivity index (χ3n) is 5.66. The number of carbonyl (C=O) groups is 1. The highest BCUT2D eigenvalue weighted by atomic mass is 32.2. The van der Waals surface area contributed by atoms with Crippen LogP contribution in [0.3, 0.4) is 0 Å². The Balaban J connectivity index is 1.77. The second kappa shape index (κ2) is 7.75. The van der Waals surface area contributed by atoms with Gasteiger partial charge in [0.1, 0.15) is 5.82 Å². The van der Waals surface area contributed by atoms with Crippen LogP contribution in [-0.2, 0) is 5.41 Å². The number of amides is 1. The Morgan fingerprint density at radius 2 is 2.03 bits per heavy atom. The first-order valence-corrected chi connectivity index (χ1v) is 10.6. The number of hydrogen-bond acceptors (Lipinski definition) is 5. The first-order valence-electron chi connectivity index (χ1n) is 9.75. The molecule has 2 aliphatic rings. The van der Waals surface area contributed by atoms with E-state index in [-0.39, 0.29) is 21.7 Å². The van der Waals surface area contributed by atoms with Gasteiger partial charge in [0.25, 0.3) is 5.24 Å². The smallest absolute Gasteiger partial charge is 0.299 e. The normalized spacial score (nSPS) is 21.0. The van der Waals surface area contributed by atoms with Crippen molar-refractivity contribution in [3.8, 4) is 0 Å². The first-order chi connectivity index (χ1) is 14.3. The molecule has 8 heteroatoms. The number of anilines is 1. The lowest BCUT2D eigenvalue weighted by Crippen LogP contribution is -2.42. The minimum Gasteiger partial charge on any atom is -0.409 e. The van der Waals surface area contributed by atoms with E-state index < -0.39 is 0 Å². The van der Waals surface area contributed by atoms with Gasteiger partial charge < -0.3 is 10.1 Å². The average molecular weight is 427 g/mol. The van der Waals surface area contributed by atoms with E-state index in [0.717, 1.165) is 28.9 Å². The molecule has 0 spiro atoms. The fourth-order valence-corrected chi connectivity index (χ4v) is 4.66. The van der Waals surface area contributed by atoms with Crippen molar-refractivity contribution in [1.82, 2.24) is 5.43 Å². The molecule has 0 bridgehead atoms. The van der Waals surface area contributed by atoms with Gasteiger partial charge in [0.15, 0.2) is 5.84 Å². The van der Waals surface area contributed by atoms with Crippen LogP contribution in [0.1, 0.15) is 43.9 Å². The fraction of sp³-hybridized carbons (Fsp3) is 0.318. The van der Waals surface area contributed by atoms with Crippen molar-refractivity contribution in [2.45, 2.75) is 37.9 Å². The predicted octanol–water partition coefficient (Wildman–Crippen LogP) is 4.70. The number of thioether (sulfide) groups is 1. The van der Waals surface area contributed by atoms with E-state index in [0.29, 0.717) is 17.9 Å². The number of hydrazone groups is 1. The van der Waals surface area contributed by atoms with Crippen LogP contribution in [0.5, 0.6) is 0 Å². The molecule has 2 heterocycles. The summed E-state index contributed by atoms with van der Waals surface area (Å²) >= 11 is 1.21. The van der Waals surface area contributed by atoms with Crippen LogP contribution < -0.4 is 10.3 Å². The Labute approximate surface area is 178 Å². The van der Waals surface area contributed by atoms with Crippen molar-refractivity contribution in [2.75, 3.05) is 11.4 Å². The Morgan fingerprint density at radius 3 is 2.70 bits per heavy atom. The summed E-state index contributed by atoms with van der Waals surface area (Å²) < 4.78 is 13.4. The molecule has 156 valence electrons. The first kappa shape index (κ1) is 20.4. The van der Waals surface area contributed by atoms with E-state index in [2.05, 4.69) is 35.6 Å². The molecule has 0 aliphatic carbocycles. The highest BCUT2D eigenvalue weighted by molar-refractivity contribution is 8.14. The van der Waals surface area contributed by atoms with Gasteiger partial charge in [-0.2, -0.15) is 5.10 Å². The van der Waals surface area contributed by atoms with Crippen LogP contribution in [0.25, 0.3) is 0 Å². The van der Waals surface area contributed by atoms with Gasteiger partial charge in [-0.3, -0.25) is 4.79 Å². The summed E-state index contributed by atoms with van der Waals surface area (Å²) in [5.74, 6) is 0.0406. The molecule has 0 radical (unpaired) electrons. The maximum Gasteiger partial charge on any atom is 0.299 e. The van der Waals surface area contributed by atoms with Crippen molar-refractivity contribution in [1.29, 1.82) is 0 Å². The quantitative estimate of drug-likeness (QED) is 0.316. The zero-order valence-corrected chi connectivity index (χ0v) is 17.8. The predicted molar refractivity (Wildman–Crippen MR) is 118 cm³/mol. The molecule has 0 aromatic heterocycles. The van der Waals surface area contributed by atoms with Gasteiger partial charge in [-0.15, -0.1) is 0 Å². The van der Waals surface area contributed by atoms with Gasteiger partial charge in [-0.25, -0.2) is 9.82 Å². The molecule has 6 nitrogen and oxygen atoms in total. The van der Waals surface area contributed by atoms with Crippen molar-refractivity contribution >= 4 is 34.2 Å². The highest BCUT2D eigenvalue weighted by Gasteiger charge is 2.35. The Morgan fingerprint density at radius 1 is 1.30 bits per heavy atom. The standard InChI is InChI=1S/C22H23FN4O2S/c1-13-19(24-25-21(28)30-13)15-6-9-18-17(12-15)22(2,3)10-11-27(18)20(26-29)14-4-7-16(23)8-5-14/h4-9,12-13,29H,10-11H2,1-3H3,(H,25,28). The van der Waals surface area contributed by atoms with Crippen molar-refractivity contribution in [3.63, 3.8) is 0 Å². The van der Waals surface area contributed by atoms with Crippen LogP contribution >= 0.6 is 11.8 Å². The third kappa shape index (κ3) is 3.67. The molecular formula is C22H23FN4O2S. The summed E-state index contributed by atoms with van der Waals surface area (Å²) in [6.45, 7) is 7.00. The number of amidine groups is 1. The Bertz CT molecular complexity index is 1050. The summed E-state index contributed by atoms with van der Waals surface area (Å²) in [7, 11) is 0. The Kier molecular flexibility index (Phi) is 5.27. The van der Waals surface area contributed by atoms with Crippen molar-refractivity contribution < 1.29 is 14.4 Å². The van der Waals surface area contributed by atoms with Crippen LogP contribution in [0.15, 0.2) is 52.7 Å². The van der Waals surface area contributed by atoms with Crippen LogP contribution in [0, 0.1) is 5.82 Å². The summed E-state index contributed by atoms with van der Waals surface area (Å²) in [4.78, 5) is 13.5. The number of rotatable bonds is 2. The molecule has 4 rings (SSSR count). The SMILES string of the molecule is CC1SC(=O)NN=C1c1ccc2c(c1)C(C)(C)CCN2C(=NO)c1ccc(F)cc1. The van der Waals surface area contributed by atoms with E-state index in [9.17, 15) is 14.4 Å². The second-order valence-corrected chi connectivity index (χ2v) is 9.42. The summed E-state index contributed by atoms with van der Waals surface area (Å²) in [6.07, 6.45) is 0.844. The number of hydrogen-bond donors (Lipinski definition) is 2. The molecule has 2 N–H and O–H groups in total. The van der Waals surface area contributed by atoms with Crippen LogP contribution in [-0.4, -0.2) is 33.8 Å². The number of fused-ring (bicyclic) bond motifs is 1. The molecule has 0 saturated carbocycles. The number of halogens is 1. The second-order valence-electron chi connectivity index (χ2n) is 8.10. The summed E-state index contributed by atoms with van der Waals surface area (Å²) in [5, 5.41) is 17.4. The highest BCUT2D eigenvalue weighted by Crippen LogP contribution is 2.41.